The van der Waals surface area contributed by atoms with Gasteiger partial charge in [-0.25, -0.2) is 0 Å². The van der Waals surface area contributed by atoms with E-state index < -0.39 is 0 Å². The Balaban J connectivity index is 2.24. The molecule has 0 amide bonds. The molecular formula is C6H12FNS. The van der Waals surface area contributed by atoms with E-state index in [0.717, 1.165) is 13.0 Å². The summed E-state index contributed by atoms with van der Waals surface area (Å²) < 4.78 is 11.9. The second kappa shape index (κ2) is 3.42. The molecule has 1 aliphatic heterocycles. The van der Waals surface area contributed by atoms with Crippen LogP contribution in [-0.4, -0.2) is 17.8 Å². The van der Waals surface area contributed by atoms with Crippen molar-refractivity contribution in [3.8, 4) is 0 Å². The van der Waals surface area contributed by atoms with Crippen LogP contribution in [0.2, 0.25) is 0 Å². The van der Waals surface area contributed by atoms with Gasteiger partial charge in [0, 0.05) is 23.4 Å². The highest BCUT2D eigenvalue weighted by molar-refractivity contribution is 7.94. The molecule has 0 bridgehead atoms. The Labute approximate surface area is 59.7 Å². The van der Waals surface area contributed by atoms with E-state index in [4.69, 9.17) is 0 Å². The molecule has 1 saturated heterocycles. The van der Waals surface area contributed by atoms with Crippen LogP contribution in [0, 0.1) is 0 Å². The lowest BCUT2D eigenvalue weighted by molar-refractivity contribution is 0.593. The van der Waals surface area contributed by atoms with Gasteiger partial charge in [0.25, 0.3) is 0 Å². The van der Waals surface area contributed by atoms with Gasteiger partial charge < -0.3 is 5.32 Å². The first-order valence-corrected chi connectivity index (χ1v) is 4.13. The molecule has 0 saturated carbocycles. The molecule has 0 aromatic carbocycles. The third-order valence-electron chi connectivity index (χ3n) is 1.81. The Hall–Kier alpha value is 0.240. The minimum atomic E-state index is 0.132. The molecule has 9 heavy (non-hydrogen) atoms. The first kappa shape index (κ1) is 7.35. The molecule has 1 heterocycles. The predicted octanol–water partition coefficient (Wildman–Crippen LogP) is 1.74. The van der Waals surface area contributed by atoms with Crippen molar-refractivity contribution in [1.29, 1.82) is 0 Å². The summed E-state index contributed by atoms with van der Waals surface area (Å²) in [6.07, 6.45) is 2.34. The van der Waals surface area contributed by atoms with Crippen LogP contribution in [0.25, 0.3) is 0 Å². The molecule has 0 aromatic rings. The fraction of sp³-hybridized carbons (Fsp3) is 1.00. The van der Waals surface area contributed by atoms with Crippen LogP contribution >= 0.6 is 12.1 Å². The van der Waals surface area contributed by atoms with E-state index in [1.807, 2.05) is 6.92 Å². The molecule has 3 heteroatoms. The molecule has 2 unspecified atom stereocenters. The van der Waals surface area contributed by atoms with Crippen molar-refractivity contribution >= 4 is 12.1 Å². The topological polar surface area (TPSA) is 12.0 Å². The molecule has 0 aliphatic carbocycles. The Bertz CT molecular complexity index is 83.1. The van der Waals surface area contributed by atoms with Gasteiger partial charge in [0.15, 0.2) is 0 Å². The van der Waals surface area contributed by atoms with Crippen LogP contribution in [0.5, 0.6) is 0 Å². The molecule has 2 atom stereocenters. The van der Waals surface area contributed by atoms with Gasteiger partial charge in [0.05, 0.1) is 0 Å². The van der Waals surface area contributed by atoms with Gasteiger partial charge >= 0.3 is 0 Å². The van der Waals surface area contributed by atoms with Crippen molar-refractivity contribution in [3.05, 3.63) is 0 Å². The van der Waals surface area contributed by atoms with E-state index in [0.29, 0.717) is 18.2 Å². The lowest BCUT2D eigenvalue weighted by atomic mass is 10.2. The number of hydrogen-bond donors (Lipinski definition) is 1. The zero-order valence-electron chi connectivity index (χ0n) is 5.56. The summed E-state index contributed by atoms with van der Waals surface area (Å²) >= 11 is 0.460. The van der Waals surface area contributed by atoms with Gasteiger partial charge in [-0.2, -0.15) is 3.89 Å². The number of nitrogens with one attached hydrogen (secondary N) is 1. The number of rotatable bonds is 2. The lowest BCUT2D eigenvalue weighted by Crippen LogP contribution is -2.29. The maximum atomic E-state index is 11.9. The van der Waals surface area contributed by atoms with Crippen LogP contribution in [0.15, 0.2) is 0 Å². The van der Waals surface area contributed by atoms with Gasteiger partial charge in [0.1, 0.15) is 0 Å². The second-order valence-corrected chi connectivity index (χ2v) is 3.42. The standard InChI is InChI=1S/C6H12FNS/c1-5(9-7)6-3-2-4-8-6/h5-6,8H,2-4H2,1H3. The highest BCUT2D eigenvalue weighted by Gasteiger charge is 2.20. The summed E-state index contributed by atoms with van der Waals surface area (Å²) in [6.45, 7) is 2.99. The van der Waals surface area contributed by atoms with Crippen LogP contribution in [0.3, 0.4) is 0 Å². The van der Waals surface area contributed by atoms with Crippen molar-refractivity contribution < 1.29 is 3.89 Å². The van der Waals surface area contributed by atoms with E-state index in [-0.39, 0.29) is 5.25 Å². The van der Waals surface area contributed by atoms with E-state index in [1.165, 1.54) is 6.42 Å². The smallest absolute Gasteiger partial charge is 0.0490 e. The van der Waals surface area contributed by atoms with E-state index in [1.54, 1.807) is 0 Å². The summed E-state index contributed by atoms with van der Waals surface area (Å²) in [5.74, 6) is 0. The Morgan fingerprint density at radius 2 is 2.56 bits per heavy atom. The summed E-state index contributed by atoms with van der Waals surface area (Å²) in [7, 11) is 0. The molecule has 1 nitrogen and oxygen atoms in total. The highest BCUT2D eigenvalue weighted by atomic mass is 32.2. The van der Waals surface area contributed by atoms with E-state index in [2.05, 4.69) is 5.32 Å². The van der Waals surface area contributed by atoms with Crippen LogP contribution in [-0.2, 0) is 0 Å². The number of hydrogen-bond acceptors (Lipinski definition) is 2. The quantitative estimate of drug-likeness (QED) is 0.642. The summed E-state index contributed by atoms with van der Waals surface area (Å²) in [4.78, 5) is 0. The fourth-order valence-electron chi connectivity index (χ4n) is 1.17. The normalized spacial score (nSPS) is 30.7. The molecule has 1 rings (SSSR count). The third kappa shape index (κ3) is 1.83. The van der Waals surface area contributed by atoms with Crippen molar-refractivity contribution in [2.45, 2.75) is 31.1 Å². The Morgan fingerprint density at radius 1 is 1.78 bits per heavy atom. The van der Waals surface area contributed by atoms with Gasteiger partial charge in [-0.3, -0.25) is 0 Å². The largest absolute Gasteiger partial charge is 0.313 e. The van der Waals surface area contributed by atoms with Crippen LogP contribution in [0.4, 0.5) is 3.89 Å². The van der Waals surface area contributed by atoms with Crippen molar-refractivity contribution in [2.24, 2.45) is 0 Å². The second-order valence-electron chi connectivity index (χ2n) is 2.50. The highest BCUT2D eigenvalue weighted by Crippen LogP contribution is 2.20. The number of halogens is 1. The Kier molecular flexibility index (Phi) is 2.79. The minimum Gasteiger partial charge on any atom is -0.313 e. The molecule has 0 aromatic heterocycles. The molecule has 0 radical (unpaired) electrons. The summed E-state index contributed by atoms with van der Waals surface area (Å²) in [5.41, 5.74) is 0. The minimum absolute atomic E-state index is 0.132. The molecule has 1 N–H and O–H groups in total. The fourth-order valence-corrected chi connectivity index (χ4v) is 1.53. The molecule has 1 aliphatic rings. The molecule has 1 fully saturated rings. The maximum Gasteiger partial charge on any atom is 0.0490 e. The molecular weight excluding hydrogens is 137 g/mol. The summed E-state index contributed by atoms with van der Waals surface area (Å²) in [5, 5.41) is 3.38. The first-order chi connectivity index (χ1) is 4.34. The third-order valence-corrected chi connectivity index (χ3v) is 2.42. The van der Waals surface area contributed by atoms with Crippen LogP contribution < -0.4 is 5.32 Å². The van der Waals surface area contributed by atoms with E-state index >= 15 is 0 Å². The lowest BCUT2D eigenvalue weighted by Gasteiger charge is -2.13. The zero-order valence-corrected chi connectivity index (χ0v) is 6.38. The van der Waals surface area contributed by atoms with E-state index in [9.17, 15) is 3.89 Å². The predicted molar refractivity (Wildman–Crippen MR) is 39.2 cm³/mol. The first-order valence-electron chi connectivity index (χ1n) is 3.35. The van der Waals surface area contributed by atoms with Gasteiger partial charge in [-0.15, -0.1) is 0 Å². The van der Waals surface area contributed by atoms with Crippen molar-refractivity contribution in [3.63, 3.8) is 0 Å². The summed E-state index contributed by atoms with van der Waals surface area (Å²) in [6, 6.07) is 0.417. The maximum absolute atomic E-state index is 11.9. The van der Waals surface area contributed by atoms with Gasteiger partial charge in [-0.1, -0.05) is 0 Å². The van der Waals surface area contributed by atoms with Gasteiger partial charge in [0.2, 0.25) is 0 Å². The van der Waals surface area contributed by atoms with Crippen molar-refractivity contribution in [2.75, 3.05) is 6.54 Å². The molecule has 0 spiro atoms. The zero-order chi connectivity index (χ0) is 6.69. The SMILES string of the molecule is CC(SF)C1CCCN1. The molecule has 54 valence electrons. The van der Waals surface area contributed by atoms with Gasteiger partial charge in [-0.05, 0) is 26.3 Å². The monoisotopic (exact) mass is 149 g/mol. The average molecular weight is 149 g/mol. The average Bonchev–Trinajstić information content (AvgIpc) is 2.37. The van der Waals surface area contributed by atoms with Crippen molar-refractivity contribution in [1.82, 2.24) is 5.32 Å². The van der Waals surface area contributed by atoms with Crippen LogP contribution in [0.1, 0.15) is 19.8 Å². The Morgan fingerprint density at radius 3 is 3.00 bits per heavy atom.